The molecule has 0 spiro atoms. The first-order chi connectivity index (χ1) is 8.50. The zero-order valence-corrected chi connectivity index (χ0v) is 11.0. The van der Waals surface area contributed by atoms with Crippen molar-refractivity contribution in [3.05, 3.63) is 29.8 Å². The lowest BCUT2D eigenvalue weighted by molar-refractivity contribution is -0.136. The third-order valence-corrected chi connectivity index (χ3v) is 3.24. The SMILES string of the molecule is CC(C)c1ccccc1N1CC(=O)N(C)CC1=O. The van der Waals surface area contributed by atoms with Crippen LogP contribution in [0.5, 0.6) is 0 Å². The Bertz CT molecular complexity index is 482. The first-order valence-corrected chi connectivity index (χ1v) is 6.14. The molecule has 0 aliphatic carbocycles. The second-order valence-corrected chi connectivity index (χ2v) is 4.94. The van der Waals surface area contributed by atoms with E-state index in [0.717, 1.165) is 11.3 Å². The van der Waals surface area contributed by atoms with Gasteiger partial charge in [-0.05, 0) is 17.5 Å². The topological polar surface area (TPSA) is 40.6 Å². The number of carbonyl (C=O) groups is 2. The summed E-state index contributed by atoms with van der Waals surface area (Å²) in [6, 6.07) is 7.78. The largest absolute Gasteiger partial charge is 0.335 e. The van der Waals surface area contributed by atoms with Gasteiger partial charge < -0.3 is 9.80 Å². The van der Waals surface area contributed by atoms with Gasteiger partial charge in [-0.2, -0.15) is 0 Å². The number of amides is 2. The molecule has 1 aromatic rings. The Morgan fingerprint density at radius 3 is 2.39 bits per heavy atom. The number of hydrogen-bond acceptors (Lipinski definition) is 2. The maximum absolute atomic E-state index is 12.1. The molecule has 1 saturated heterocycles. The van der Waals surface area contributed by atoms with E-state index in [9.17, 15) is 9.59 Å². The predicted octanol–water partition coefficient (Wildman–Crippen LogP) is 1.61. The fraction of sp³-hybridized carbons (Fsp3) is 0.429. The van der Waals surface area contributed by atoms with Crippen molar-refractivity contribution in [2.24, 2.45) is 0 Å². The lowest BCUT2D eigenvalue weighted by atomic mass is 10.00. The molecule has 0 bridgehead atoms. The Labute approximate surface area is 107 Å². The first kappa shape index (κ1) is 12.6. The first-order valence-electron chi connectivity index (χ1n) is 6.14. The number of carbonyl (C=O) groups excluding carboxylic acids is 2. The molecule has 0 radical (unpaired) electrons. The molecule has 1 aliphatic rings. The summed E-state index contributed by atoms with van der Waals surface area (Å²) in [6.07, 6.45) is 0. The summed E-state index contributed by atoms with van der Waals surface area (Å²) in [5.41, 5.74) is 1.96. The summed E-state index contributed by atoms with van der Waals surface area (Å²) in [6.45, 7) is 4.47. The molecule has 1 aromatic carbocycles. The van der Waals surface area contributed by atoms with Gasteiger partial charge in [0.25, 0.3) is 0 Å². The molecular formula is C14H18N2O2. The van der Waals surface area contributed by atoms with Crippen LogP contribution in [0.15, 0.2) is 24.3 Å². The van der Waals surface area contributed by atoms with E-state index in [2.05, 4.69) is 13.8 Å². The second-order valence-electron chi connectivity index (χ2n) is 4.94. The molecule has 4 heteroatoms. The van der Waals surface area contributed by atoms with Gasteiger partial charge in [-0.15, -0.1) is 0 Å². The van der Waals surface area contributed by atoms with Crippen LogP contribution in [0.3, 0.4) is 0 Å². The maximum Gasteiger partial charge on any atom is 0.247 e. The van der Waals surface area contributed by atoms with Gasteiger partial charge in [0.1, 0.15) is 6.54 Å². The molecule has 0 atom stereocenters. The van der Waals surface area contributed by atoms with E-state index >= 15 is 0 Å². The normalized spacial score (nSPS) is 16.7. The molecule has 1 heterocycles. The highest BCUT2D eigenvalue weighted by molar-refractivity contribution is 6.04. The van der Waals surface area contributed by atoms with Crippen LogP contribution in [0.2, 0.25) is 0 Å². The van der Waals surface area contributed by atoms with Crippen LogP contribution in [0.4, 0.5) is 5.69 Å². The number of piperazine rings is 1. The molecule has 0 aromatic heterocycles. The van der Waals surface area contributed by atoms with Gasteiger partial charge in [-0.25, -0.2) is 0 Å². The molecule has 0 N–H and O–H groups in total. The Kier molecular flexibility index (Phi) is 3.36. The summed E-state index contributed by atoms with van der Waals surface area (Å²) in [4.78, 5) is 26.9. The molecule has 18 heavy (non-hydrogen) atoms. The maximum atomic E-state index is 12.1. The van der Waals surface area contributed by atoms with Gasteiger partial charge in [0, 0.05) is 12.7 Å². The minimum Gasteiger partial charge on any atom is -0.335 e. The van der Waals surface area contributed by atoms with Crippen molar-refractivity contribution in [1.29, 1.82) is 0 Å². The monoisotopic (exact) mass is 246 g/mol. The van der Waals surface area contributed by atoms with E-state index < -0.39 is 0 Å². The van der Waals surface area contributed by atoms with Crippen molar-refractivity contribution < 1.29 is 9.59 Å². The average Bonchev–Trinajstić information content (AvgIpc) is 2.34. The lowest BCUT2D eigenvalue weighted by Crippen LogP contribution is -2.52. The zero-order valence-electron chi connectivity index (χ0n) is 11.0. The molecule has 0 saturated carbocycles. The Hall–Kier alpha value is -1.84. The van der Waals surface area contributed by atoms with E-state index in [4.69, 9.17) is 0 Å². The zero-order chi connectivity index (χ0) is 13.3. The van der Waals surface area contributed by atoms with Crippen molar-refractivity contribution >= 4 is 17.5 Å². The number of nitrogens with zero attached hydrogens (tertiary/aromatic N) is 2. The molecule has 4 nitrogen and oxygen atoms in total. The van der Waals surface area contributed by atoms with Crippen LogP contribution < -0.4 is 4.90 Å². The van der Waals surface area contributed by atoms with E-state index in [-0.39, 0.29) is 24.9 Å². The third kappa shape index (κ3) is 2.23. The van der Waals surface area contributed by atoms with Gasteiger partial charge in [-0.1, -0.05) is 32.0 Å². The van der Waals surface area contributed by atoms with Gasteiger partial charge in [0.15, 0.2) is 0 Å². The summed E-state index contributed by atoms with van der Waals surface area (Å²) < 4.78 is 0. The van der Waals surface area contributed by atoms with Crippen molar-refractivity contribution in [3.63, 3.8) is 0 Å². The molecule has 2 amide bonds. The summed E-state index contributed by atoms with van der Waals surface area (Å²) in [7, 11) is 1.66. The number of hydrogen-bond donors (Lipinski definition) is 0. The Morgan fingerprint density at radius 1 is 1.06 bits per heavy atom. The summed E-state index contributed by atoms with van der Waals surface area (Å²) in [5.74, 6) is 0.280. The van der Waals surface area contributed by atoms with Crippen molar-refractivity contribution in [2.45, 2.75) is 19.8 Å². The minimum absolute atomic E-state index is 0.0202. The molecule has 1 fully saturated rings. The number of likely N-dealkylation sites (N-methyl/N-ethyl adjacent to an activating group) is 1. The number of para-hydroxylation sites is 1. The molecule has 2 rings (SSSR count). The molecule has 96 valence electrons. The van der Waals surface area contributed by atoms with Crippen molar-refractivity contribution in [2.75, 3.05) is 25.0 Å². The van der Waals surface area contributed by atoms with Crippen LogP contribution in [0.1, 0.15) is 25.3 Å². The predicted molar refractivity (Wildman–Crippen MR) is 70.5 cm³/mol. The Balaban J connectivity index is 2.37. The highest BCUT2D eigenvalue weighted by Gasteiger charge is 2.29. The highest BCUT2D eigenvalue weighted by Crippen LogP contribution is 2.28. The number of benzene rings is 1. The summed E-state index contributed by atoms with van der Waals surface area (Å²) in [5, 5.41) is 0. The average molecular weight is 246 g/mol. The van der Waals surface area contributed by atoms with E-state index in [1.165, 1.54) is 4.90 Å². The van der Waals surface area contributed by atoms with Crippen LogP contribution in [-0.4, -0.2) is 36.9 Å². The van der Waals surface area contributed by atoms with Crippen molar-refractivity contribution in [3.8, 4) is 0 Å². The van der Waals surface area contributed by atoms with Gasteiger partial charge in [-0.3, -0.25) is 9.59 Å². The third-order valence-electron chi connectivity index (χ3n) is 3.24. The molecule has 0 unspecified atom stereocenters. The van der Waals surface area contributed by atoms with Crippen molar-refractivity contribution in [1.82, 2.24) is 4.90 Å². The number of anilines is 1. The van der Waals surface area contributed by atoms with E-state index in [1.807, 2.05) is 24.3 Å². The lowest BCUT2D eigenvalue weighted by Gasteiger charge is -2.33. The van der Waals surface area contributed by atoms with Crippen LogP contribution in [0.25, 0.3) is 0 Å². The standard InChI is InChI=1S/C14H18N2O2/c1-10(2)11-6-4-5-7-12(11)16-9-13(17)15(3)8-14(16)18/h4-7,10H,8-9H2,1-3H3. The van der Waals surface area contributed by atoms with Crippen LogP contribution in [-0.2, 0) is 9.59 Å². The van der Waals surface area contributed by atoms with Crippen LogP contribution in [0, 0.1) is 0 Å². The minimum atomic E-state index is -0.0230. The summed E-state index contributed by atoms with van der Waals surface area (Å²) >= 11 is 0. The van der Waals surface area contributed by atoms with E-state index in [0.29, 0.717) is 5.92 Å². The Morgan fingerprint density at radius 2 is 1.72 bits per heavy atom. The molecular weight excluding hydrogens is 228 g/mol. The number of rotatable bonds is 2. The quantitative estimate of drug-likeness (QED) is 0.795. The van der Waals surface area contributed by atoms with Crippen LogP contribution >= 0.6 is 0 Å². The van der Waals surface area contributed by atoms with E-state index in [1.54, 1.807) is 11.9 Å². The van der Waals surface area contributed by atoms with Gasteiger partial charge >= 0.3 is 0 Å². The highest BCUT2D eigenvalue weighted by atomic mass is 16.2. The smallest absolute Gasteiger partial charge is 0.247 e. The van der Waals surface area contributed by atoms with Gasteiger partial charge in [0.2, 0.25) is 11.8 Å². The molecule has 1 aliphatic heterocycles. The van der Waals surface area contributed by atoms with Gasteiger partial charge in [0.05, 0.1) is 6.54 Å². The second kappa shape index (κ2) is 4.80. The fourth-order valence-electron chi connectivity index (χ4n) is 2.16. The fourth-order valence-corrected chi connectivity index (χ4v) is 2.16.